The van der Waals surface area contributed by atoms with Crippen molar-refractivity contribution in [3.63, 3.8) is 0 Å². The van der Waals surface area contributed by atoms with Crippen LogP contribution in [-0.4, -0.2) is 25.6 Å². The molecule has 1 amide bonds. The zero-order valence-electron chi connectivity index (χ0n) is 15.0. The van der Waals surface area contributed by atoms with Gasteiger partial charge < -0.3 is 4.74 Å². The molecule has 2 aliphatic rings. The van der Waals surface area contributed by atoms with Crippen LogP contribution in [0.4, 0.5) is 4.39 Å². The van der Waals surface area contributed by atoms with Gasteiger partial charge in [0.15, 0.2) is 0 Å². The van der Waals surface area contributed by atoms with Crippen LogP contribution < -0.4 is 9.46 Å². The number of ether oxygens (including phenoxy) is 1. The van der Waals surface area contributed by atoms with Gasteiger partial charge in [0.05, 0.1) is 23.0 Å². The highest BCUT2D eigenvalue weighted by Gasteiger charge is 2.34. The minimum atomic E-state index is -3.82. The third-order valence-electron chi connectivity index (χ3n) is 4.68. The number of hydrogen-bond acceptors (Lipinski definition) is 5. The molecule has 6 nitrogen and oxygen atoms in total. The topological polar surface area (TPSA) is 85.4 Å². The molecule has 28 heavy (non-hydrogen) atoms. The number of carbonyl (C=O) groups excluding carboxylic acids is 1. The Labute approximate surface area is 167 Å². The van der Waals surface area contributed by atoms with Gasteiger partial charge >= 0.3 is 0 Å². The number of nitrogens with one attached hydrogen (secondary N) is 1. The third-order valence-corrected chi connectivity index (χ3v) is 5.53. The molecule has 1 aromatic heterocycles. The van der Waals surface area contributed by atoms with E-state index < -0.39 is 27.3 Å². The summed E-state index contributed by atoms with van der Waals surface area (Å²) in [5.74, 6) is -0.538. The fraction of sp³-hybridized carbons (Fsp3) is 0.368. The van der Waals surface area contributed by atoms with E-state index in [-0.39, 0.29) is 10.8 Å². The Morgan fingerprint density at radius 1 is 1.21 bits per heavy atom. The average molecular weight is 425 g/mol. The molecule has 9 heteroatoms. The van der Waals surface area contributed by atoms with E-state index in [9.17, 15) is 17.6 Å². The summed E-state index contributed by atoms with van der Waals surface area (Å²) in [6.45, 7) is 0. The molecule has 0 unspecified atom stereocenters. The van der Waals surface area contributed by atoms with Crippen LogP contribution in [0.3, 0.4) is 0 Å². The second-order valence-electron chi connectivity index (χ2n) is 7.26. The van der Waals surface area contributed by atoms with Crippen LogP contribution >= 0.6 is 11.6 Å². The molecule has 0 atom stereocenters. The zero-order valence-corrected chi connectivity index (χ0v) is 16.6. The standard InChI is InChI=1S/C19H18ClFN2O4S/c1-28(25,26)23-19(24)14-7-15(20)17(8-16(14)21)27-12-6-13(10-2-3-10)18(22-9-12)11-4-5-11/h6-11H,2-5H2,1H3,(H,23,24). The lowest BCUT2D eigenvalue weighted by atomic mass is 10.1. The van der Waals surface area contributed by atoms with Gasteiger partial charge in [0.1, 0.15) is 17.3 Å². The van der Waals surface area contributed by atoms with Gasteiger partial charge in [-0.15, -0.1) is 0 Å². The van der Waals surface area contributed by atoms with E-state index in [2.05, 4.69) is 4.98 Å². The molecule has 0 radical (unpaired) electrons. The van der Waals surface area contributed by atoms with Crippen LogP contribution in [-0.2, 0) is 10.0 Å². The zero-order chi connectivity index (χ0) is 20.1. The van der Waals surface area contributed by atoms with E-state index in [0.29, 0.717) is 17.6 Å². The van der Waals surface area contributed by atoms with E-state index in [0.717, 1.165) is 49.8 Å². The highest BCUT2D eigenvalue weighted by molar-refractivity contribution is 7.89. The smallest absolute Gasteiger partial charge is 0.267 e. The largest absolute Gasteiger partial charge is 0.454 e. The first kappa shape index (κ1) is 19.1. The number of sulfonamides is 1. The van der Waals surface area contributed by atoms with Crippen molar-refractivity contribution in [3.05, 3.63) is 52.1 Å². The Kier molecular flexibility index (Phi) is 4.79. The maximum atomic E-state index is 14.3. The molecule has 0 saturated heterocycles. The Balaban J connectivity index is 1.59. The number of aromatic nitrogens is 1. The van der Waals surface area contributed by atoms with Gasteiger partial charge in [0, 0.05) is 17.7 Å². The highest BCUT2D eigenvalue weighted by atomic mass is 35.5. The van der Waals surface area contributed by atoms with Crippen LogP contribution in [0, 0.1) is 5.82 Å². The summed E-state index contributed by atoms with van der Waals surface area (Å²) in [5.41, 5.74) is 1.82. The van der Waals surface area contributed by atoms with Gasteiger partial charge in [0.2, 0.25) is 10.0 Å². The maximum Gasteiger partial charge on any atom is 0.267 e. The van der Waals surface area contributed by atoms with E-state index in [1.807, 2.05) is 6.07 Å². The fourth-order valence-corrected chi connectivity index (χ4v) is 3.73. The molecule has 148 valence electrons. The molecular formula is C19H18ClFN2O4S. The van der Waals surface area contributed by atoms with E-state index in [4.69, 9.17) is 16.3 Å². The molecule has 1 aromatic carbocycles. The van der Waals surface area contributed by atoms with Crippen molar-refractivity contribution in [3.8, 4) is 11.5 Å². The summed E-state index contributed by atoms with van der Waals surface area (Å²) in [7, 11) is -3.82. The van der Waals surface area contributed by atoms with Gasteiger partial charge in [-0.3, -0.25) is 9.78 Å². The summed E-state index contributed by atoms with van der Waals surface area (Å²) in [5, 5.41) is -0.0145. The quantitative estimate of drug-likeness (QED) is 0.754. The molecule has 1 N–H and O–H groups in total. The minimum Gasteiger partial charge on any atom is -0.454 e. The first-order valence-corrected chi connectivity index (χ1v) is 11.2. The molecule has 2 saturated carbocycles. The van der Waals surface area contributed by atoms with Crippen LogP contribution in [0.25, 0.3) is 0 Å². The summed E-state index contributed by atoms with van der Waals surface area (Å²) >= 11 is 6.13. The molecule has 4 rings (SSSR count). The Morgan fingerprint density at radius 2 is 1.89 bits per heavy atom. The Bertz CT molecular complexity index is 1070. The molecule has 2 aliphatic carbocycles. The number of pyridine rings is 1. The molecule has 0 aliphatic heterocycles. The number of nitrogens with zero attached hydrogens (tertiary/aromatic N) is 1. The van der Waals surface area contributed by atoms with E-state index in [1.54, 1.807) is 10.9 Å². The van der Waals surface area contributed by atoms with Gasteiger partial charge in [0.25, 0.3) is 5.91 Å². The summed E-state index contributed by atoms with van der Waals surface area (Å²) in [6.07, 6.45) is 6.96. The molecule has 2 fully saturated rings. The van der Waals surface area contributed by atoms with Crippen molar-refractivity contribution in [2.75, 3.05) is 6.26 Å². The fourth-order valence-electron chi connectivity index (χ4n) is 3.08. The molecule has 1 heterocycles. The van der Waals surface area contributed by atoms with Crippen molar-refractivity contribution in [2.24, 2.45) is 0 Å². The summed E-state index contributed by atoms with van der Waals surface area (Å²) in [6, 6.07) is 3.93. The van der Waals surface area contributed by atoms with Gasteiger partial charge in [-0.1, -0.05) is 11.6 Å². The van der Waals surface area contributed by atoms with Gasteiger partial charge in [-0.05, 0) is 49.3 Å². The number of amides is 1. The van der Waals surface area contributed by atoms with Crippen LogP contribution in [0.15, 0.2) is 24.4 Å². The predicted octanol–water partition coefficient (Wildman–Crippen LogP) is 4.11. The average Bonchev–Trinajstić information content (AvgIpc) is 3.48. The maximum absolute atomic E-state index is 14.3. The summed E-state index contributed by atoms with van der Waals surface area (Å²) in [4.78, 5) is 16.4. The van der Waals surface area contributed by atoms with Crippen molar-refractivity contribution in [1.82, 2.24) is 9.71 Å². The number of rotatable bonds is 6. The number of halogens is 2. The van der Waals surface area contributed by atoms with Crippen molar-refractivity contribution >= 4 is 27.5 Å². The Morgan fingerprint density at radius 3 is 2.50 bits per heavy atom. The number of hydrogen-bond donors (Lipinski definition) is 1. The van der Waals surface area contributed by atoms with E-state index >= 15 is 0 Å². The van der Waals surface area contributed by atoms with Gasteiger partial charge in [-0.25, -0.2) is 17.5 Å². The SMILES string of the molecule is CS(=O)(=O)NC(=O)c1cc(Cl)c(Oc2cnc(C3CC3)c(C3CC3)c2)cc1F. The number of carbonyl (C=O) groups is 1. The van der Waals surface area contributed by atoms with Crippen molar-refractivity contribution in [2.45, 2.75) is 37.5 Å². The van der Waals surface area contributed by atoms with E-state index in [1.165, 1.54) is 5.56 Å². The molecule has 0 bridgehead atoms. The summed E-state index contributed by atoms with van der Waals surface area (Å²) < 4.78 is 44.1. The first-order valence-electron chi connectivity index (χ1n) is 8.90. The lowest BCUT2D eigenvalue weighted by Gasteiger charge is -2.13. The molecule has 2 aromatic rings. The minimum absolute atomic E-state index is 0.0145. The molecular weight excluding hydrogens is 407 g/mol. The lowest BCUT2D eigenvalue weighted by Crippen LogP contribution is -2.30. The number of benzene rings is 1. The van der Waals surface area contributed by atoms with Crippen LogP contribution in [0.5, 0.6) is 11.5 Å². The Hall–Kier alpha value is -2.19. The van der Waals surface area contributed by atoms with Crippen molar-refractivity contribution in [1.29, 1.82) is 0 Å². The second-order valence-corrected chi connectivity index (χ2v) is 9.42. The van der Waals surface area contributed by atoms with Crippen LogP contribution in [0.1, 0.15) is 59.1 Å². The molecule has 0 spiro atoms. The predicted molar refractivity (Wildman–Crippen MR) is 102 cm³/mol. The van der Waals surface area contributed by atoms with Gasteiger partial charge in [-0.2, -0.15) is 0 Å². The normalized spacial score (nSPS) is 16.7. The van der Waals surface area contributed by atoms with Crippen molar-refractivity contribution < 1.29 is 22.3 Å². The monoisotopic (exact) mass is 424 g/mol. The second kappa shape index (κ2) is 7.00. The third kappa shape index (κ3) is 4.28. The first-order chi connectivity index (χ1) is 13.2. The highest BCUT2D eigenvalue weighted by Crippen LogP contribution is 2.49. The van der Waals surface area contributed by atoms with Crippen LogP contribution in [0.2, 0.25) is 5.02 Å². The lowest BCUT2D eigenvalue weighted by molar-refractivity contribution is 0.0977.